The lowest BCUT2D eigenvalue weighted by molar-refractivity contribution is 0.340. The monoisotopic (exact) mass is 310 g/mol. The van der Waals surface area contributed by atoms with Crippen LogP contribution in [0.2, 0.25) is 0 Å². The summed E-state index contributed by atoms with van der Waals surface area (Å²) in [6.07, 6.45) is 5.02. The Bertz CT molecular complexity index is 528. The van der Waals surface area contributed by atoms with Gasteiger partial charge in [0.2, 0.25) is 0 Å². The Hall–Kier alpha value is -0.810. The third kappa shape index (κ3) is 4.63. The fourth-order valence-electron chi connectivity index (χ4n) is 2.03. The summed E-state index contributed by atoms with van der Waals surface area (Å²) in [5.41, 5.74) is 2.06. The zero-order valence-electron chi connectivity index (χ0n) is 11.9. The van der Waals surface area contributed by atoms with Crippen LogP contribution in [-0.4, -0.2) is 28.1 Å². The van der Waals surface area contributed by atoms with Crippen molar-refractivity contribution < 1.29 is 4.74 Å². The van der Waals surface area contributed by atoms with Crippen molar-refractivity contribution in [2.75, 3.05) is 18.1 Å². The molecule has 0 aliphatic carbocycles. The van der Waals surface area contributed by atoms with E-state index in [0.717, 1.165) is 33.4 Å². The van der Waals surface area contributed by atoms with Crippen LogP contribution in [0.5, 0.6) is 5.75 Å². The molecule has 1 N–H and O–H groups in total. The van der Waals surface area contributed by atoms with E-state index in [1.54, 1.807) is 11.8 Å². The van der Waals surface area contributed by atoms with Crippen LogP contribution in [0, 0.1) is 0 Å². The topological polar surface area (TPSA) is 37.9 Å². The molecule has 110 valence electrons. The van der Waals surface area contributed by atoms with Crippen LogP contribution in [0.15, 0.2) is 23.4 Å². The lowest BCUT2D eigenvalue weighted by atomic mass is 10.2. The molecule has 0 fully saturated rings. The molecule has 0 aliphatic heterocycles. The second kappa shape index (κ2) is 8.47. The molecule has 0 spiro atoms. The largest absolute Gasteiger partial charge is 0.494 e. The number of fused-ring (bicyclic) bond motifs is 1. The van der Waals surface area contributed by atoms with Gasteiger partial charge in [-0.25, -0.2) is 4.98 Å². The lowest BCUT2D eigenvalue weighted by Gasteiger charge is -2.00. The number of aromatic nitrogens is 2. The molecule has 3 nitrogen and oxygen atoms in total. The first kappa shape index (κ1) is 15.6. The molecule has 0 saturated heterocycles. The molecule has 2 rings (SSSR count). The second-order valence-electron chi connectivity index (χ2n) is 4.64. The predicted octanol–water partition coefficient (Wildman–Crippen LogP) is 4.54. The molecule has 0 unspecified atom stereocenters. The number of ether oxygens (including phenoxy) is 1. The fraction of sp³-hybridized carbons (Fsp3) is 0.533. The molecule has 0 saturated carbocycles. The number of benzene rings is 1. The van der Waals surface area contributed by atoms with Crippen molar-refractivity contribution in [1.29, 1.82) is 0 Å². The molecule has 0 radical (unpaired) electrons. The van der Waals surface area contributed by atoms with Crippen LogP contribution in [0.4, 0.5) is 0 Å². The summed E-state index contributed by atoms with van der Waals surface area (Å²) in [5.74, 6) is 3.01. The minimum atomic E-state index is 0.688. The Morgan fingerprint density at radius 2 is 2.10 bits per heavy atom. The number of nitrogens with zero attached hydrogens (tertiary/aromatic N) is 1. The van der Waals surface area contributed by atoms with Crippen LogP contribution in [-0.2, 0) is 0 Å². The zero-order chi connectivity index (χ0) is 14.2. The summed E-state index contributed by atoms with van der Waals surface area (Å²) >= 11 is 6.02. The molecule has 1 aromatic heterocycles. The molecule has 0 bridgehead atoms. The average molecular weight is 310 g/mol. The number of hydrogen-bond acceptors (Lipinski definition) is 4. The highest BCUT2D eigenvalue weighted by atomic mass is 32.2. The molecule has 5 heteroatoms. The van der Waals surface area contributed by atoms with Gasteiger partial charge in [-0.1, -0.05) is 24.6 Å². The van der Waals surface area contributed by atoms with Crippen LogP contribution < -0.4 is 4.74 Å². The highest BCUT2D eigenvalue weighted by Crippen LogP contribution is 2.24. The van der Waals surface area contributed by atoms with E-state index >= 15 is 0 Å². The van der Waals surface area contributed by atoms with E-state index in [0.29, 0.717) is 6.61 Å². The number of rotatable bonds is 9. The van der Waals surface area contributed by atoms with Crippen molar-refractivity contribution in [2.24, 2.45) is 0 Å². The second-order valence-corrected chi connectivity index (χ2v) is 6.17. The number of thiol groups is 1. The SMILES string of the molecule is CCOc1ccc2nc(SCCCCCCS)[nH]c2c1. The van der Waals surface area contributed by atoms with Crippen LogP contribution in [0.1, 0.15) is 32.6 Å². The van der Waals surface area contributed by atoms with Crippen molar-refractivity contribution in [1.82, 2.24) is 9.97 Å². The smallest absolute Gasteiger partial charge is 0.166 e. The van der Waals surface area contributed by atoms with E-state index in [2.05, 4.69) is 22.6 Å². The Kier molecular flexibility index (Phi) is 6.60. The van der Waals surface area contributed by atoms with E-state index in [-0.39, 0.29) is 0 Å². The number of thioether (sulfide) groups is 1. The highest BCUT2D eigenvalue weighted by Gasteiger charge is 2.04. The standard InChI is InChI=1S/C15H22N2OS2/c1-2-18-12-7-8-13-14(11-12)17-15(16-13)20-10-6-4-3-5-9-19/h7-8,11,19H,2-6,9-10H2,1H3,(H,16,17). The molecule has 0 aliphatic rings. The van der Waals surface area contributed by atoms with Gasteiger partial charge in [0.25, 0.3) is 0 Å². The molecule has 0 amide bonds. The van der Waals surface area contributed by atoms with Crippen LogP contribution in [0.25, 0.3) is 11.0 Å². The number of imidazole rings is 1. The first-order valence-electron chi connectivity index (χ1n) is 7.19. The average Bonchev–Trinajstić information content (AvgIpc) is 2.85. The van der Waals surface area contributed by atoms with Gasteiger partial charge >= 0.3 is 0 Å². The van der Waals surface area contributed by atoms with E-state index in [4.69, 9.17) is 4.74 Å². The summed E-state index contributed by atoms with van der Waals surface area (Å²) in [6.45, 7) is 2.68. The van der Waals surface area contributed by atoms with Crippen LogP contribution >= 0.6 is 24.4 Å². The molecular formula is C15H22N2OS2. The number of nitrogens with one attached hydrogen (secondary N) is 1. The van der Waals surface area contributed by atoms with E-state index in [1.165, 1.54) is 25.7 Å². The molecule has 20 heavy (non-hydrogen) atoms. The van der Waals surface area contributed by atoms with E-state index in [9.17, 15) is 0 Å². The Labute approximate surface area is 130 Å². The van der Waals surface area contributed by atoms with Crippen molar-refractivity contribution in [2.45, 2.75) is 37.8 Å². The summed E-state index contributed by atoms with van der Waals surface area (Å²) in [5, 5.41) is 1.00. The van der Waals surface area contributed by atoms with Crippen molar-refractivity contribution >= 4 is 35.4 Å². The fourth-order valence-corrected chi connectivity index (χ4v) is 3.14. The van der Waals surface area contributed by atoms with E-state index in [1.807, 2.05) is 25.1 Å². The maximum Gasteiger partial charge on any atom is 0.166 e. The quantitative estimate of drug-likeness (QED) is 0.405. The maximum absolute atomic E-state index is 5.50. The van der Waals surface area contributed by atoms with Gasteiger partial charge in [-0.05, 0) is 37.7 Å². The van der Waals surface area contributed by atoms with Gasteiger partial charge in [-0.3, -0.25) is 0 Å². The maximum atomic E-state index is 5.50. The molecular weight excluding hydrogens is 288 g/mol. The summed E-state index contributed by atoms with van der Waals surface area (Å²) in [7, 11) is 0. The number of H-pyrrole nitrogens is 1. The third-order valence-corrected chi connectivity index (χ3v) is 4.31. The van der Waals surface area contributed by atoms with Gasteiger partial charge in [0.05, 0.1) is 17.6 Å². The third-order valence-electron chi connectivity index (χ3n) is 3.03. The number of hydrogen-bond donors (Lipinski definition) is 2. The van der Waals surface area contributed by atoms with Gasteiger partial charge in [-0.15, -0.1) is 0 Å². The molecule has 2 aromatic rings. The van der Waals surface area contributed by atoms with Crippen molar-refractivity contribution in [3.05, 3.63) is 18.2 Å². The first-order chi connectivity index (χ1) is 9.83. The van der Waals surface area contributed by atoms with E-state index < -0.39 is 0 Å². The van der Waals surface area contributed by atoms with Gasteiger partial charge in [0.15, 0.2) is 5.16 Å². The van der Waals surface area contributed by atoms with Crippen molar-refractivity contribution in [3.63, 3.8) is 0 Å². The van der Waals surface area contributed by atoms with Crippen molar-refractivity contribution in [3.8, 4) is 5.75 Å². The minimum Gasteiger partial charge on any atom is -0.494 e. The molecule has 0 atom stereocenters. The molecule has 1 heterocycles. The normalized spacial score (nSPS) is 11.1. The van der Waals surface area contributed by atoms with Gasteiger partial charge in [-0.2, -0.15) is 12.6 Å². The number of unbranched alkanes of at least 4 members (excludes halogenated alkanes) is 3. The Morgan fingerprint density at radius 3 is 2.90 bits per heavy atom. The zero-order valence-corrected chi connectivity index (χ0v) is 13.6. The van der Waals surface area contributed by atoms with Gasteiger partial charge in [0.1, 0.15) is 5.75 Å². The predicted molar refractivity (Wildman–Crippen MR) is 90.3 cm³/mol. The summed E-state index contributed by atoms with van der Waals surface area (Å²) in [6, 6.07) is 5.99. The highest BCUT2D eigenvalue weighted by molar-refractivity contribution is 7.99. The summed E-state index contributed by atoms with van der Waals surface area (Å²) in [4.78, 5) is 7.94. The Balaban J connectivity index is 1.84. The molecule has 1 aromatic carbocycles. The Morgan fingerprint density at radius 1 is 1.25 bits per heavy atom. The lowest BCUT2D eigenvalue weighted by Crippen LogP contribution is -1.90. The summed E-state index contributed by atoms with van der Waals surface area (Å²) < 4.78 is 5.50. The number of aromatic amines is 1. The van der Waals surface area contributed by atoms with Crippen LogP contribution in [0.3, 0.4) is 0 Å². The van der Waals surface area contributed by atoms with Gasteiger partial charge < -0.3 is 9.72 Å². The minimum absolute atomic E-state index is 0.688. The van der Waals surface area contributed by atoms with Gasteiger partial charge in [0, 0.05) is 11.8 Å². The first-order valence-corrected chi connectivity index (χ1v) is 8.81.